The van der Waals surface area contributed by atoms with Gasteiger partial charge in [-0.2, -0.15) is 0 Å². The molecule has 9 nitrogen and oxygen atoms in total. The molecule has 2 heterocycles. The molecular formula is C24H25N5O4S. The van der Waals surface area contributed by atoms with E-state index in [1.54, 1.807) is 28.9 Å². The third-order valence-electron chi connectivity index (χ3n) is 5.67. The summed E-state index contributed by atoms with van der Waals surface area (Å²) in [6.45, 7) is 3.25. The molecule has 0 bridgehead atoms. The van der Waals surface area contributed by atoms with Crippen LogP contribution >= 0.6 is 0 Å². The van der Waals surface area contributed by atoms with Gasteiger partial charge in [-0.1, -0.05) is 36.4 Å². The molecule has 4 rings (SSSR count). The van der Waals surface area contributed by atoms with Crippen molar-refractivity contribution in [2.45, 2.75) is 18.4 Å². The highest BCUT2D eigenvalue weighted by Crippen LogP contribution is 2.20. The number of sulfonamides is 1. The summed E-state index contributed by atoms with van der Waals surface area (Å²) in [4.78, 5) is 36.9. The molecule has 34 heavy (non-hydrogen) atoms. The number of amides is 2. The maximum Gasteiger partial charge on any atom is 0.274 e. The van der Waals surface area contributed by atoms with Gasteiger partial charge in [0.15, 0.2) is 0 Å². The maximum atomic E-state index is 13.1. The van der Waals surface area contributed by atoms with Crippen LogP contribution in [0.25, 0.3) is 0 Å². The summed E-state index contributed by atoms with van der Waals surface area (Å²) in [6.07, 6.45) is 4.38. The van der Waals surface area contributed by atoms with Gasteiger partial charge in [-0.3, -0.25) is 14.6 Å². The lowest BCUT2D eigenvalue weighted by Gasteiger charge is -2.34. The Kier molecular flexibility index (Phi) is 6.99. The molecule has 0 saturated carbocycles. The molecule has 1 fully saturated rings. The van der Waals surface area contributed by atoms with Crippen LogP contribution in [0.5, 0.6) is 0 Å². The zero-order valence-corrected chi connectivity index (χ0v) is 19.5. The van der Waals surface area contributed by atoms with Gasteiger partial charge in [0.1, 0.15) is 5.69 Å². The summed E-state index contributed by atoms with van der Waals surface area (Å²) in [5.74, 6) is -0.500. The highest BCUT2D eigenvalue weighted by Gasteiger charge is 2.27. The quantitative estimate of drug-likeness (QED) is 0.578. The molecule has 2 aromatic carbocycles. The van der Waals surface area contributed by atoms with Crippen molar-refractivity contribution in [1.82, 2.24) is 24.5 Å². The smallest absolute Gasteiger partial charge is 0.274 e. The van der Waals surface area contributed by atoms with Crippen molar-refractivity contribution in [3.05, 3.63) is 89.5 Å². The lowest BCUT2D eigenvalue weighted by molar-refractivity contribution is 0.0532. The molecule has 1 saturated heterocycles. The zero-order chi connectivity index (χ0) is 24.1. The molecule has 2 amide bonds. The van der Waals surface area contributed by atoms with E-state index < -0.39 is 10.0 Å². The number of carbonyl (C=O) groups is 2. The van der Waals surface area contributed by atoms with E-state index in [1.165, 1.54) is 24.7 Å². The number of nitrogens with one attached hydrogen (secondary N) is 1. The second kappa shape index (κ2) is 10.1. The predicted molar refractivity (Wildman–Crippen MR) is 125 cm³/mol. The Morgan fingerprint density at radius 2 is 1.62 bits per heavy atom. The predicted octanol–water partition coefficient (Wildman–Crippen LogP) is 1.86. The molecule has 1 N–H and O–H groups in total. The summed E-state index contributed by atoms with van der Waals surface area (Å²) in [5, 5.41) is 0. The van der Waals surface area contributed by atoms with Crippen LogP contribution in [0.4, 0.5) is 0 Å². The number of aryl methyl sites for hydroxylation is 1. The molecule has 0 radical (unpaired) electrons. The van der Waals surface area contributed by atoms with Crippen LogP contribution < -0.4 is 4.72 Å². The first kappa shape index (κ1) is 23.5. The van der Waals surface area contributed by atoms with Gasteiger partial charge in [-0.15, -0.1) is 0 Å². The Morgan fingerprint density at radius 3 is 2.26 bits per heavy atom. The van der Waals surface area contributed by atoms with E-state index in [9.17, 15) is 18.0 Å². The SMILES string of the molecule is Cc1ccc(C(=O)N2CCN(C(=O)c3cnccn3)CC2)cc1S(=O)(=O)NCc1ccccc1. The van der Waals surface area contributed by atoms with Crippen LogP contribution in [0.3, 0.4) is 0 Å². The van der Waals surface area contributed by atoms with Gasteiger partial charge in [0, 0.05) is 50.7 Å². The van der Waals surface area contributed by atoms with Crippen LogP contribution in [0.15, 0.2) is 72.0 Å². The van der Waals surface area contributed by atoms with E-state index >= 15 is 0 Å². The Morgan fingerprint density at radius 1 is 0.941 bits per heavy atom. The Labute approximate surface area is 198 Å². The fourth-order valence-electron chi connectivity index (χ4n) is 3.74. The number of benzene rings is 2. The lowest BCUT2D eigenvalue weighted by Crippen LogP contribution is -2.50. The molecule has 176 valence electrons. The zero-order valence-electron chi connectivity index (χ0n) is 18.7. The number of hydrogen-bond acceptors (Lipinski definition) is 6. The summed E-state index contributed by atoms with van der Waals surface area (Å²) >= 11 is 0. The topological polar surface area (TPSA) is 113 Å². The minimum absolute atomic E-state index is 0.0748. The third kappa shape index (κ3) is 5.29. The van der Waals surface area contributed by atoms with E-state index in [-0.39, 0.29) is 28.9 Å². The second-order valence-corrected chi connectivity index (χ2v) is 9.70. The monoisotopic (exact) mass is 479 g/mol. The number of carbonyl (C=O) groups excluding carboxylic acids is 2. The second-order valence-electron chi connectivity index (χ2n) is 7.97. The molecule has 0 aliphatic carbocycles. The Hall–Kier alpha value is -3.63. The van der Waals surface area contributed by atoms with Crippen molar-refractivity contribution in [1.29, 1.82) is 0 Å². The third-order valence-corrected chi connectivity index (χ3v) is 7.21. The summed E-state index contributed by atoms with van der Waals surface area (Å²) in [5.41, 5.74) is 1.94. The van der Waals surface area contributed by atoms with Gasteiger partial charge in [-0.05, 0) is 30.2 Å². The van der Waals surface area contributed by atoms with E-state index in [1.807, 2.05) is 30.3 Å². The highest BCUT2D eigenvalue weighted by atomic mass is 32.2. The minimum Gasteiger partial charge on any atom is -0.335 e. The van der Waals surface area contributed by atoms with Crippen molar-refractivity contribution in [2.75, 3.05) is 26.2 Å². The molecule has 10 heteroatoms. The molecule has 1 aromatic heterocycles. The van der Waals surface area contributed by atoms with Crippen molar-refractivity contribution < 1.29 is 18.0 Å². The Balaban J connectivity index is 1.43. The first-order valence-corrected chi connectivity index (χ1v) is 12.3. The summed E-state index contributed by atoms with van der Waals surface area (Å²) in [7, 11) is -3.81. The molecule has 1 aliphatic rings. The van der Waals surface area contributed by atoms with Crippen molar-refractivity contribution >= 4 is 21.8 Å². The minimum atomic E-state index is -3.81. The van der Waals surface area contributed by atoms with Gasteiger partial charge < -0.3 is 9.80 Å². The first-order chi connectivity index (χ1) is 16.3. The highest BCUT2D eigenvalue weighted by molar-refractivity contribution is 7.89. The molecule has 0 atom stereocenters. The summed E-state index contributed by atoms with van der Waals surface area (Å²) in [6, 6.07) is 13.9. The van der Waals surface area contributed by atoms with Crippen LogP contribution in [-0.2, 0) is 16.6 Å². The number of rotatable bonds is 6. The van der Waals surface area contributed by atoms with Crippen LogP contribution in [0.1, 0.15) is 32.0 Å². The van der Waals surface area contributed by atoms with Crippen LogP contribution in [-0.4, -0.2) is 66.2 Å². The van der Waals surface area contributed by atoms with Crippen molar-refractivity contribution in [2.24, 2.45) is 0 Å². The number of hydrogen-bond donors (Lipinski definition) is 1. The fraction of sp³-hybridized carbons (Fsp3) is 0.250. The fourth-order valence-corrected chi connectivity index (χ4v) is 5.03. The van der Waals surface area contributed by atoms with Gasteiger partial charge >= 0.3 is 0 Å². The Bertz CT molecular complexity index is 1280. The average Bonchev–Trinajstić information content (AvgIpc) is 2.88. The molecular weight excluding hydrogens is 454 g/mol. The standard InChI is InChI=1S/C24H25N5O4S/c1-18-7-8-20(15-22(18)34(32,33)27-16-19-5-3-2-4-6-19)23(30)28-11-13-29(14-12-28)24(31)21-17-25-9-10-26-21/h2-10,15,17,27H,11-14,16H2,1H3. The average molecular weight is 480 g/mol. The number of nitrogens with zero attached hydrogens (tertiary/aromatic N) is 4. The number of aromatic nitrogens is 2. The van der Waals surface area contributed by atoms with Gasteiger partial charge in [0.05, 0.1) is 11.1 Å². The van der Waals surface area contributed by atoms with E-state index in [0.29, 0.717) is 37.3 Å². The van der Waals surface area contributed by atoms with Gasteiger partial charge in [-0.25, -0.2) is 18.1 Å². The molecule has 1 aliphatic heterocycles. The van der Waals surface area contributed by atoms with E-state index in [2.05, 4.69) is 14.7 Å². The number of piperazine rings is 1. The maximum absolute atomic E-state index is 13.1. The van der Waals surface area contributed by atoms with Crippen molar-refractivity contribution in [3.63, 3.8) is 0 Å². The molecule has 0 spiro atoms. The lowest BCUT2D eigenvalue weighted by atomic mass is 10.1. The normalized spacial score (nSPS) is 14.1. The van der Waals surface area contributed by atoms with Crippen LogP contribution in [0, 0.1) is 6.92 Å². The van der Waals surface area contributed by atoms with E-state index in [4.69, 9.17) is 0 Å². The van der Waals surface area contributed by atoms with Crippen molar-refractivity contribution in [3.8, 4) is 0 Å². The van der Waals surface area contributed by atoms with Crippen LogP contribution in [0.2, 0.25) is 0 Å². The summed E-state index contributed by atoms with van der Waals surface area (Å²) < 4.78 is 28.5. The largest absolute Gasteiger partial charge is 0.335 e. The molecule has 0 unspecified atom stereocenters. The van der Waals surface area contributed by atoms with E-state index in [0.717, 1.165) is 5.56 Å². The molecule has 3 aromatic rings. The first-order valence-electron chi connectivity index (χ1n) is 10.8. The van der Waals surface area contributed by atoms with Gasteiger partial charge in [0.2, 0.25) is 10.0 Å². The van der Waals surface area contributed by atoms with Gasteiger partial charge in [0.25, 0.3) is 11.8 Å².